The second-order valence-corrected chi connectivity index (χ2v) is 19.5. The van der Waals surface area contributed by atoms with Crippen LogP contribution in [-0.2, 0) is 47.7 Å². The average molecular weight is 918 g/mol. The van der Waals surface area contributed by atoms with Gasteiger partial charge in [-0.1, -0.05) is 71.1 Å². The minimum absolute atomic E-state index is 0.0206. The number of Topliss-reactive ketones (excluding diaryl/α,β-unsaturated/α-hetero) is 3. The number of methoxy groups -OCH3 is 3. The summed E-state index contributed by atoms with van der Waals surface area (Å²) in [6, 6.07) is -1.21. The number of rotatable bonds is 6. The van der Waals surface area contributed by atoms with Gasteiger partial charge in [-0.3, -0.25) is 19.2 Å². The van der Waals surface area contributed by atoms with E-state index in [1.165, 1.54) is 34.1 Å². The third-order valence-corrected chi connectivity index (χ3v) is 14.4. The Balaban J connectivity index is 1.70. The predicted octanol–water partition coefficient (Wildman–Crippen LogP) is 8.14. The molecule has 12 nitrogen and oxygen atoms in total. The number of cyclic esters (lactones) is 1. The van der Waals surface area contributed by atoms with E-state index < -0.39 is 84.0 Å². The maximum Gasteiger partial charge on any atom is 0.329 e. The van der Waals surface area contributed by atoms with E-state index >= 15 is 8.78 Å². The number of carbonyl (C=O) groups excluding carboxylic acids is 5. The molecule has 65 heavy (non-hydrogen) atoms. The van der Waals surface area contributed by atoms with Crippen molar-refractivity contribution in [2.45, 2.75) is 180 Å². The van der Waals surface area contributed by atoms with Crippen molar-refractivity contribution in [1.29, 1.82) is 0 Å². The number of carbonyl (C=O) groups is 5. The molecule has 0 spiro atoms. The number of hydrogen-bond donors (Lipinski definition) is 1. The fourth-order valence-corrected chi connectivity index (χ4v) is 10.1. The number of alkyl halides is 2. The smallest absolute Gasteiger partial charge is 0.329 e. The fourth-order valence-electron chi connectivity index (χ4n) is 10.1. The van der Waals surface area contributed by atoms with Crippen LogP contribution in [0.25, 0.3) is 0 Å². The number of piperidine rings is 1. The highest BCUT2D eigenvalue weighted by Gasteiger charge is 2.55. The maximum atomic E-state index is 17.0. The lowest BCUT2D eigenvalue weighted by Crippen LogP contribution is -2.59. The van der Waals surface area contributed by atoms with Crippen LogP contribution in [0.5, 0.6) is 0 Å². The van der Waals surface area contributed by atoms with Crippen LogP contribution in [0.4, 0.5) is 8.78 Å². The predicted molar refractivity (Wildman–Crippen MR) is 243 cm³/mol. The summed E-state index contributed by atoms with van der Waals surface area (Å²) >= 11 is 0. The van der Waals surface area contributed by atoms with Crippen LogP contribution in [0.2, 0.25) is 0 Å². The van der Waals surface area contributed by atoms with Crippen LogP contribution < -0.4 is 0 Å². The summed E-state index contributed by atoms with van der Waals surface area (Å²) in [6.07, 6.45) is 9.11. The van der Waals surface area contributed by atoms with E-state index in [1.807, 2.05) is 51.2 Å². The number of allylic oxidation sites excluding steroid dienone is 6. The molecule has 14 heteroatoms. The molecule has 366 valence electrons. The highest BCUT2D eigenvalue weighted by Crippen LogP contribution is 2.40. The van der Waals surface area contributed by atoms with Gasteiger partial charge in [0.15, 0.2) is 18.1 Å². The number of aliphatic hydroxyl groups excluding tert-OH is 1. The summed E-state index contributed by atoms with van der Waals surface area (Å²) in [5, 5.41) is 10.5. The first-order valence-electron chi connectivity index (χ1n) is 23.8. The van der Waals surface area contributed by atoms with Gasteiger partial charge in [-0.2, -0.15) is 0 Å². The van der Waals surface area contributed by atoms with Gasteiger partial charge in [-0.05, 0) is 107 Å². The van der Waals surface area contributed by atoms with Crippen molar-refractivity contribution in [1.82, 2.24) is 4.90 Å². The SMILES string of the molecule is CO[C@H]1C[C@@H]2CC[C@@H](C)C(F)(O2)C(=O)C(=O)N2CCCC[C@H]2C(=O)OC([C@H](C)CC2CC[C@H](O)[C@H](OC)C2)CC(=O)[C@H](C)/C=C(\C)C(F)[C@@H](OC)C(=O)[C@H](C)C[C@H](C)/C=C/C=C/C=C/1C. The lowest BCUT2D eigenvalue weighted by molar-refractivity contribution is -0.231. The first-order chi connectivity index (χ1) is 30.7. The van der Waals surface area contributed by atoms with E-state index in [2.05, 4.69) is 0 Å². The van der Waals surface area contributed by atoms with Gasteiger partial charge in [-0.15, -0.1) is 0 Å². The molecule has 1 aliphatic carbocycles. The summed E-state index contributed by atoms with van der Waals surface area (Å²) in [7, 11) is 4.38. The van der Waals surface area contributed by atoms with E-state index in [-0.39, 0.29) is 73.2 Å². The third kappa shape index (κ3) is 14.3. The van der Waals surface area contributed by atoms with Gasteiger partial charge in [0.1, 0.15) is 17.9 Å². The number of hydrogen-bond acceptors (Lipinski definition) is 11. The molecule has 2 bridgehead atoms. The summed E-state index contributed by atoms with van der Waals surface area (Å²) in [5.74, 6) is -9.64. The largest absolute Gasteiger partial charge is 0.460 e. The van der Waals surface area contributed by atoms with Crippen molar-refractivity contribution >= 4 is 29.2 Å². The maximum absolute atomic E-state index is 17.0. The van der Waals surface area contributed by atoms with Gasteiger partial charge >= 0.3 is 5.97 Å². The molecule has 0 aromatic carbocycles. The molecule has 1 N–H and O–H groups in total. The number of aliphatic hydroxyl groups is 1. The lowest BCUT2D eigenvalue weighted by Gasteiger charge is -2.41. The summed E-state index contributed by atoms with van der Waals surface area (Å²) < 4.78 is 62.1. The van der Waals surface area contributed by atoms with Gasteiger partial charge in [0.2, 0.25) is 0 Å². The number of halogens is 2. The standard InChI is InChI=1S/C51H77F2NO11/c1-30-16-12-11-13-17-31(2)42(61-8)28-38-21-19-36(7)51(53,65-38)48(58)49(59)54-23-15-14-18-39(54)50(60)64-43(33(4)26-37-20-22-40(55)44(27-37)62-9)29-41(56)32(3)25-34(5)45(52)47(63-10)46(57)35(6)24-30/h11-13,16-17,25,30,32-33,35-40,42-45,47,55H,14-15,18-24,26-29H2,1-10H3/b13-11+,16-12+,31-17+,34-25+/t30-,32-,33-,35-,36-,37?,38+,39+,40+,42+,43?,44-,45?,47-,51?/m1/s1. The second kappa shape index (κ2) is 25.1. The fraction of sp³-hybridized carbons (Fsp3) is 0.745. The Bertz CT molecular complexity index is 1760. The molecule has 0 aromatic heterocycles. The number of ketones is 3. The highest BCUT2D eigenvalue weighted by atomic mass is 19.2. The summed E-state index contributed by atoms with van der Waals surface area (Å²) in [4.78, 5) is 71.3. The molecule has 0 aromatic rings. The third-order valence-electron chi connectivity index (χ3n) is 14.4. The Morgan fingerprint density at radius 2 is 1.60 bits per heavy atom. The number of fused-ring (bicyclic) bond motifs is 3. The van der Waals surface area contributed by atoms with Crippen molar-refractivity contribution in [2.24, 2.45) is 35.5 Å². The number of ether oxygens (including phenoxy) is 5. The van der Waals surface area contributed by atoms with Crippen LogP contribution in [0.1, 0.15) is 126 Å². The van der Waals surface area contributed by atoms with E-state index in [0.29, 0.717) is 51.4 Å². The van der Waals surface area contributed by atoms with E-state index in [4.69, 9.17) is 23.7 Å². The Morgan fingerprint density at radius 3 is 2.28 bits per heavy atom. The topological polar surface area (TPSA) is 155 Å². The quantitative estimate of drug-likeness (QED) is 0.156. The molecular formula is C51H77F2NO11. The van der Waals surface area contributed by atoms with Gasteiger partial charge in [-0.25, -0.2) is 13.6 Å². The Labute approximate surface area is 385 Å². The summed E-state index contributed by atoms with van der Waals surface area (Å²) in [6.45, 7) is 12.2. The molecule has 2 saturated heterocycles. The molecule has 4 unspecified atom stereocenters. The van der Waals surface area contributed by atoms with Gasteiger partial charge in [0.25, 0.3) is 17.5 Å². The second-order valence-electron chi connectivity index (χ2n) is 19.5. The van der Waals surface area contributed by atoms with Crippen molar-refractivity contribution in [3.63, 3.8) is 0 Å². The van der Waals surface area contributed by atoms with Crippen molar-refractivity contribution in [3.8, 4) is 0 Å². The van der Waals surface area contributed by atoms with Crippen molar-refractivity contribution in [3.05, 3.63) is 47.6 Å². The molecule has 1 amide bonds. The number of nitrogens with zero attached hydrogens (tertiary/aromatic N) is 1. The highest BCUT2D eigenvalue weighted by molar-refractivity contribution is 6.39. The first-order valence-corrected chi connectivity index (χ1v) is 23.8. The Morgan fingerprint density at radius 1 is 0.877 bits per heavy atom. The molecule has 1 saturated carbocycles. The van der Waals surface area contributed by atoms with Crippen molar-refractivity contribution < 1.29 is 61.5 Å². The van der Waals surface area contributed by atoms with Crippen LogP contribution >= 0.6 is 0 Å². The first kappa shape index (κ1) is 54.2. The molecule has 0 radical (unpaired) electrons. The molecular weight excluding hydrogens is 841 g/mol. The van der Waals surface area contributed by atoms with Gasteiger partial charge in [0.05, 0.1) is 24.4 Å². The van der Waals surface area contributed by atoms with Gasteiger partial charge < -0.3 is 33.7 Å². The Kier molecular flexibility index (Phi) is 20.9. The zero-order chi connectivity index (χ0) is 48.2. The average Bonchev–Trinajstić information content (AvgIpc) is 3.28. The minimum Gasteiger partial charge on any atom is -0.460 e. The molecule has 3 heterocycles. The number of amides is 1. The lowest BCUT2D eigenvalue weighted by atomic mass is 9.78. The molecule has 4 rings (SSSR count). The minimum atomic E-state index is -2.94. The number of esters is 1. The van der Waals surface area contributed by atoms with Crippen LogP contribution in [-0.4, -0.2) is 122 Å². The molecule has 3 aliphatic heterocycles. The van der Waals surface area contributed by atoms with E-state index in [1.54, 1.807) is 21.0 Å². The zero-order valence-electron chi connectivity index (χ0n) is 40.5. The van der Waals surface area contributed by atoms with Crippen LogP contribution in [0.3, 0.4) is 0 Å². The monoisotopic (exact) mass is 918 g/mol. The molecule has 4 aliphatic rings. The summed E-state index contributed by atoms with van der Waals surface area (Å²) in [5.41, 5.74) is 0.981. The normalized spacial score (nSPS) is 40.4. The zero-order valence-corrected chi connectivity index (χ0v) is 40.5. The van der Waals surface area contributed by atoms with E-state index in [0.717, 1.165) is 10.5 Å². The van der Waals surface area contributed by atoms with Crippen molar-refractivity contribution in [2.75, 3.05) is 27.9 Å². The van der Waals surface area contributed by atoms with E-state index in [9.17, 15) is 29.1 Å². The van der Waals surface area contributed by atoms with Crippen LogP contribution in [0.15, 0.2) is 47.6 Å². The van der Waals surface area contributed by atoms with Crippen LogP contribution in [0, 0.1) is 35.5 Å². The van der Waals surface area contributed by atoms with Gasteiger partial charge in [0, 0.05) is 58.5 Å². The molecule has 3 fully saturated rings. The molecule has 15 atom stereocenters. The Hall–Kier alpha value is -3.43.